The Bertz CT molecular complexity index is 1210. The van der Waals surface area contributed by atoms with E-state index in [2.05, 4.69) is 39.9 Å². The minimum atomic E-state index is -0.537. The van der Waals surface area contributed by atoms with Gasteiger partial charge in [-0.3, -0.25) is 0 Å². The summed E-state index contributed by atoms with van der Waals surface area (Å²) in [6.07, 6.45) is 4.94. The molecule has 1 N–H and O–H groups in total. The minimum absolute atomic E-state index is 0.236. The first-order chi connectivity index (χ1) is 16.2. The summed E-state index contributed by atoms with van der Waals surface area (Å²) in [5, 5.41) is 12.6. The largest absolute Gasteiger partial charge is 0.493 e. The Balaban J connectivity index is 1.34. The maximum Gasteiger partial charge on any atom is 0.231 e. The Morgan fingerprint density at radius 3 is 2.76 bits per heavy atom. The second-order valence-corrected chi connectivity index (χ2v) is 9.04. The molecule has 1 unspecified atom stereocenters. The van der Waals surface area contributed by atoms with Gasteiger partial charge >= 0.3 is 0 Å². The highest BCUT2D eigenvalue weighted by Gasteiger charge is 2.29. The van der Waals surface area contributed by atoms with Crippen LogP contribution in [0.15, 0.2) is 36.5 Å². The van der Waals surface area contributed by atoms with Crippen LogP contribution in [0, 0.1) is 0 Å². The summed E-state index contributed by atoms with van der Waals surface area (Å²) >= 11 is 0. The first-order valence-electron chi connectivity index (χ1n) is 11.7. The predicted molar refractivity (Wildman–Crippen MR) is 123 cm³/mol. The van der Waals surface area contributed by atoms with Gasteiger partial charge in [-0.05, 0) is 61.1 Å². The van der Waals surface area contributed by atoms with Gasteiger partial charge in [-0.2, -0.15) is 4.57 Å². The molecule has 1 fully saturated rings. The molecule has 1 atom stereocenters. The number of rotatable bonds is 6. The fraction of sp³-hybridized carbons (Fsp3) is 0.423. The fourth-order valence-electron chi connectivity index (χ4n) is 5.20. The number of β-amino-alcohol motifs (C(OH)–C–C–N with tert-alkyl or cyclic N) is 1. The van der Waals surface area contributed by atoms with E-state index in [-0.39, 0.29) is 13.4 Å². The van der Waals surface area contributed by atoms with Crippen LogP contribution in [0.5, 0.6) is 23.0 Å². The quantitative estimate of drug-likeness (QED) is 0.584. The van der Waals surface area contributed by atoms with Crippen molar-refractivity contribution in [2.45, 2.75) is 31.9 Å². The van der Waals surface area contributed by atoms with E-state index in [1.54, 1.807) is 7.11 Å². The molecule has 0 saturated carbocycles. The molecule has 2 aromatic carbocycles. The summed E-state index contributed by atoms with van der Waals surface area (Å²) in [7, 11) is 1.65. The van der Waals surface area contributed by atoms with Gasteiger partial charge in [-0.1, -0.05) is 0 Å². The molecule has 3 aromatic rings. The molecular weight excluding hydrogens is 420 g/mol. The van der Waals surface area contributed by atoms with Gasteiger partial charge in [0.05, 0.1) is 18.1 Å². The van der Waals surface area contributed by atoms with E-state index in [0.717, 1.165) is 54.0 Å². The first-order valence-corrected chi connectivity index (χ1v) is 11.7. The number of nitrogens with zero attached hydrogens (tertiary/aromatic N) is 2. The first kappa shape index (κ1) is 20.6. The average molecular weight is 450 g/mol. The van der Waals surface area contributed by atoms with E-state index in [9.17, 15) is 5.11 Å². The third-order valence-corrected chi connectivity index (χ3v) is 6.88. The van der Waals surface area contributed by atoms with Crippen LogP contribution in [0.2, 0.25) is 0 Å². The topological polar surface area (TPSA) is 64.3 Å². The SMILES string of the molecule is COc1ccc2cc3[n+](cc2c1OCC(O)CN1CCCC1)CCc1cc2c(cc1-3)OCO2. The predicted octanol–water partition coefficient (Wildman–Crippen LogP) is 2.92. The Morgan fingerprint density at radius 2 is 1.94 bits per heavy atom. The number of fused-ring (bicyclic) bond motifs is 5. The van der Waals surface area contributed by atoms with Crippen LogP contribution in [0.1, 0.15) is 18.4 Å². The molecule has 0 radical (unpaired) electrons. The third kappa shape index (κ3) is 3.75. The minimum Gasteiger partial charge on any atom is -0.493 e. The average Bonchev–Trinajstić information content (AvgIpc) is 3.51. The van der Waals surface area contributed by atoms with Crippen molar-refractivity contribution < 1.29 is 28.6 Å². The van der Waals surface area contributed by atoms with Crippen molar-refractivity contribution >= 4 is 10.8 Å². The highest BCUT2D eigenvalue weighted by Crippen LogP contribution is 2.41. The lowest BCUT2D eigenvalue weighted by molar-refractivity contribution is -0.686. The number of aliphatic hydroxyl groups excluding tert-OH is 1. The standard InChI is InChI=1S/C26H29N2O5/c1-30-23-5-4-17-10-22-20-12-25-24(32-16-33-25)11-18(20)6-9-28(22)14-21(17)26(23)31-15-19(29)13-27-7-2-3-8-27/h4-5,10-12,14,19,29H,2-3,6-9,13,15-16H2,1H3/q+1. The van der Waals surface area contributed by atoms with Crippen LogP contribution in [0.3, 0.4) is 0 Å². The zero-order valence-electron chi connectivity index (χ0n) is 18.9. The Morgan fingerprint density at radius 1 is 1.12 bits per heavy atom. The fourth-order valence-corrected chi connectivity index (χ4v) is 5.20. The molecule has 0 amide bonds. The summed E-state index contributed by atoms with van der Waals surface area (Å²) in [4.78, 5) is 2.30. The van der Waals surface area contributed by atoms with Crippen molar-refractivity contribution in [2.75, 3.05) is 40.1 Å². The van der Waals surface area contributed by atoms with Gasteiger partial charge in [-0.15, -0.1) is 0 Å². The third-order valence-electron chi connectivity index (χ3n) is 6.88. The van der Waals surface area contributed by atoms with Crippen LogP contribution < -0.4 is 23.5 Å². The van der Waals surface area contributed by atoms with Crippen LogP contribution in [-0.4, -0.2) is 56.3 Å². The monoisotopic (exact) mass is 449 g/mol. The summed E-state index contributed by atoms with van der Waals surface area (Å²) < 4.78 is 25.3. The number of likely N-dealkylation sites (tertiary alicyclic amines) is 1. The summed E-state index contributed by atoms with van der Waals surface area (Å²) in [5.74, 6) is 2.99. The number of aryl methyl sites for hydroxylation is 2. The highest BCUT2D eigenvalue weighted by molar-refractivity contribution is 5.91. The van der Waals surface area contributed by atoms with E-state index in [1.165, 1.54) is 24.0 Å². The van der Waals surface area contributed by atoms with Crippen molar-refractivity contribution in [3.63, 3.8) is 0 Å². The molecule has 0 spiro atoms. The Hall–Kier alpha value is -3.03. The lowest BCUT2D eigenvalue weighted by Crippen LogP contribution is -2.40. The van der Waals surface area contributed by atoms with Crippen LogP contribution >= 0.6 is 0 Å². The van der Waals surface area contributed by atoms with Gasteiger partial charge in [0.15, 0.2) is 35.7 Å². The number of methoxy groups -OCH3 is 1. The molecule has 7 heteroatoms. The Kier molecular flexibility index (Phi) is 5.23. The molecule has 1 aromatic heterocycles. The molecule has 0 aliphatic carbocycles. The number of hydrogen-bond donors (Lipinski definition) is 1. The van der Waals surface area contributed by atoms with Crippen molar-refractivity contribution in [1.82, 2.24) is 4.90 Å². The summed E-state index contributed by atoms with van der Waals surface area (Å²) in [5.41, 5.74) is 3.59. The van der Waals surface area contributed by atoms with Gasteiger partial charge in [0.25, 0.3) is 0 Å². The molecule has 3 aliphatic heterocycles. The zero-order chi connectivity index (χ0) is 22.4. The molecule has 3 aliphatic rings. The van der Waals surface area contributed by atoms with E-state index < -0.39 is 6.10 Å². The molecular formula is C26H29N2O5+. The van der Waals surface area contributed by atoms with E-state index in [1.807, 2.05) is 6.07 Å². The number of aliphatic hydroxyl groups is 1. The van der Waals surface area contributed by atoms with E-state index >= 15 is 0 Å². The maximum atomic E-state index is 10.5. The molecule has 4 heterocycles. The van der Waals surface area contributed by atoms with Gasteiger partial charge in [0.2, 0.25) is 12.5 Å². The molecule has 7 nitrogen and oxygen atoms in total. The van der Waals surface area contributed by atoms with Gasteiger partial charge in [-0.25, -0.2) is 0 Å². The smallest absolute Gasteiger partial charge is 0.231 e. The molecule has 1 saturated heterocycles. The van der Waals surface area contributed by atoms with Gasteiger partial charge < -0.3 is 29.0 Å². The second kappa shape index (κ2) is 8.39. The maximum absolute atomic E-state index is 10.5. The molecule has 172 valence electrons. The van der Waals surface area contributed by atoms with Crippen molar-refractivity contribution in [3.8, 4) is 34.3 Å². The molecule has 0 bridgehead atoms. The summed E-state index contributed by atoms with van der Waals surface area (Å²) in [6, 6.07) is 10.4. The summed E-state index contributed by atoms with van der Waals surface area (Å²) in [6.45, 7) is 4.13. The van der Waals surface area contributed by atoms with Crippen LogP contribution in [-0.2, 0) is 13.0 Å². The van der Waals surface area contributed by atoms with Gasteiger partial charge in [0, 0.05) is 19.0 Å². The lowest BCUT2D eigenvalue weighted by Gasteiger charge is -2.21. The normalized spacial score (nSPS) is 17.6. The van der Waals surface area contributed by atoms with Crippen molar-refractivity contribution in [3.05, 3.63) is 42.1 Å². The zero-order valence-corrected chi connectivity index (χ0v) is 18.9. The number of aromatic nitrogens is 1. The van der Waals surface area contributed by atoms with Crippen molar-refractivity contribution in [2.24, 2.45) is 0 Å². The molecule has 33 heavy (non-hydrogen) atoms. The van der Waals surface area contributed by atoms with Crippen LogP contribution in [0.4, 0.5) is 0 Å². The second-order valence-electron chi connectivity index (χ2n) is 9.04. The highest BCUT2D eigenvalue weighted by atomic mass is 16.7. The van der Waals surface area contributed by atoms with Crippen molar-refractivity contribution in [1.29, 1.82) is 0 Å². The van der Waals surface area contributed by atoms with Gasteiger partial charge in [0.1, 0.15) is 12.7 Å². The number of hydrogen-bond acceptors (Lipinski definition) is 6. The Labute approximate surface area is 193 Å². The van der Waals surface area contributed by atoms with E-state index in [4.69, 9.17) is 18.9 Å². The van der Waals surface area contributed by atoms with E-state index in [0.29, 0.717) is 18.0 Å². The lowest BCUT2D eigenvalue weighted by atomic mass is 9.95. The number of pyridine rings is 1. The number of benzene rings is 2. The number of ether oxygens (including phenoxy) is 4. The molecule has 6 rings (SSSR count). The van der Waals surface area contributed by atoms with Crippen LogP contribution in [0.25, 0.3) is 22.0 Å².